The summed E-state index contributed by atoms with van der Waals surface area (Å²) < 4.78 is 0. The first-order valence-electron chi connectivity index (χ1n) is 6.48. The van der Waals surface area contributed by atoms with Gasteiger partial charge in [-0.15, -0.1) is 0 Å². The van der Waals surface area contributed by atoms with Crippen LogP contribution in [0.3, 0.4) is 0 Å². The lowest BCUT2D eigenvalue weighted by atomic mass is 10.2. The Labute approximate surface area is 120 Å². The van der Waals surface area contributed by atoms with Crippen molar-refractivity contribution in [3.63, 3.8) is 0 Å². The maximum absolute atomic E-state index is 10.8. The topological polar surface area (TPSA) is 98.4 Å². The van der Waals surface area contributed by atoms with E-state index in [2.05, 4.69) is 15.5 Å². The van der Waals surface area contributed by atoms with Gasteiger partial charge in [0.1, 0.15) is 5.56 Å². The summed E-state index contributed by atoms with van der Waals surface area (Å²) in [5, 5.41) is 21.1. The lowest BCUT2D eigenvalue weighted by molar-refractivity contribution is 0.0697. The van der Waals surface area contributed by atoms with E-state index in [9.17, 15) is 4.79 Å². The quantitative estimate of drug-likeness (QED) is 0.648. The van der Waals surface area contributed by atoms with E-state index >= 15 is 0 Å². The average molecular weight is 278 g/mol. The Balaban J connectivity index is 0. The van der Waals surface area contributed by atoms with Crippen LogP contribution in [-0.2, 0) is 0 Å². The van der Waals surface area contributed by atoms with Gasteiger partial charge >= 0.3 is 5.97 Å². The predicted molar refractivity (Wildman–Crippen MR) is 80.9 cm³/mol. The van der Waals surface area contributed by atoms with Crippen LogP contribution >= 0.6 is 0 Å². The summed E-state index contributed by atoms with van der Waals surface area (Å²) in [7, 11) is 0. The minimum atomic E-state index is -1.08. The third-order valence-electron chi connectivity index (χ3n) is 1.75. The molecule has 0 aliphatic rings. The number of hydrogen-bond donors (Lipinski definition) is 2. The van der Waals surface area contributed by atoms with E-state index in [0.717, 1.165) is 0 Å². The van der Waals surface area contributed by atoms with E-state index in [1.54, 1.807) is 6.92 Å². The highest BCUT2D eigenvalue weighted by molar-refractivity contribution is 5.94. The molecule has 0 amide bonds. The van der Waals surface area contributed by atoms with Crippen molar-refractivity contribution in [1.82, 2.24) is 4.98 Å². The van der Waals surface area contributed by atoms with Crippen LogP contribution in [0.25, 0.3) is 0 Å². The Bertz CT molecular complexity index is 464. The second kappa shape index (κ2) is 13.0. The predicted octanol–water partition coefficient (Wildman–Crippen LogP) is 3.53. The van der Waals surface area contributed by atoms with E-state index in [1.165, 1.54) is 18.5 Å². The van der Waals surface area contributed by atoms with Gasteiger partial charge < -0.3 is 5.11 Å². The Kier molecular flexibility index (Phi) is 13.0. The van der Waals surface area contributed by atoms with Gasteiger partial charge in [-0.25, -0.2) is 4.79 Å². The zero-order chi connectivity index (χ0) is 16.0. The summed E-state index contributed by atoms with van der Waals surface area (Å²) in [5.41, 5.74) is 3.56. The number of nitrogens with zero attached hydrogens (tertiary/aromatic N) is 3. The van der Waals surface area contributed by atoms with Gasteiger partial charge in [-0.05, 0) is 13.0 Å². The number of nitrogens with one attached hydrogen (secondary N) is 1. The third kappa shape index (κ3) is 7.82. The molecular formula is C14H22N4O2. The molecule has 6 heteroatoms. The van der Waals surface area contributed by atoms with Crippen LogP contribution in [-0.4, -0.2) is 21.8 Å². The van der Waals surface area contributed by atoms with Crippen molar-refractivity contribution < 1.29 is 9.90 Å². The lowest BCUT2D eigenvalue weighted by Crippen LogP contribution is -2.04. The largest absolute Gasteiger partial charge is 0.478 e. The highest BCUT2D eigenvalue weighted by Crippen LogP contribution is 2.13. The van der Waals surface area contributed by atoms with Crippen LogP contribution in [0.4, 0.5) is 5.69 Å². The van der Waals surface area contributed by atoms with Crippen LogP contribution in [0, 0.1) is 11.3 Å². The first-order chi connectivity index (χ1) is 9.65. The third-order valence-corrected chi connectivity index (χ3v) is 1.75. The minimum absolute atomic E-state index is 0.0380. The smallest absolute Gasteiger partial charge is 0.339 e. The molecule has 2 N–H and O–H groups in total. The number of hydrogen-bond acceptors (Lipinski definition) is 5. The fraction of sp³-hybridized carbons (Fsp3) is 0.429. The number of pyridine rings is 1. The van der Waals surface area contributed by atoms with Gasteiger partial charge in [-0.3, -0.25) is 10.4 Å². The van der Waals surface area contributed by atoms with Crippen LogP contribution in [0.15, 0.2) is 23.6 Å². The highest BCUT2D eigenvalue weighted by Gasteiger charge is 2.08. The molecule has 110 valence electrons. The second-order valence-electron chi connectivity index (χ2n) is 3.02. The summed E-state index contributed by atoms with van der Waals surface area (Å²) in [6.45, 7) is 9.68. The number of rotatable bonds is 4. The maximum atomic E-state index is 10.8. The van der Waals surface area contributed by atoms with E-state index < -0.39 is 5.97 Å². The van der Waals surface area contributed by atoms with Gasteiger partial charge in [0, 0.05) is 18.1 Å². The molecular weight excluding hydrogens is 256 g/mol. The number of carboxylic acid groups (broad SMARTS) is 1. The molecule has 1 aromatic rings. The first kappa shape index (κ1) is 19.9. The number of carboxylic acids is 1. The number of nitriles is 1. The summed E-state index contributed by atoms with van der Waals surface area (Å²) in [6, 6.07) is 3.45. The van der Waals surface area contributed by atoms with E-state index in [4.69, 9.17) is 10.4 Å². The molecule has 0 aromatic carbocycles. The zero-order valence-electron chi connectivity index (χ0n) is 12.6. The van der Waals surface area contributed by atoms with Crippen LogP contribution in [0.2, 0.25) is 0 Å². The molecule has 0 bridgehead atoms. The summed E-state index contributed by atoms with van der Waals surface area (Å²) in [6.07, 6.45) is 2.89. The second-order valence-corrected chi connectivity index (χ2v) is 3.02. The molecule has 0 unspecified atom stereocenters. The van der Waals surface area contributed by atoms with Crippen molar-refractivity contribution in [2.75, 3.05) is 5.43 Å². The van der Waals surface area contributed by atoms with Crippen molar-refractivity contribution in [1.29, 1.82) is 5.26 Å². The summed E-state index contributed by atoms with van der Waals surface area (Å²) in [5.74, 6) is -1.08. The van der Waals surface area contributed by atoms with Crippen molar-refractivity contribution in [2.45, 2.75) is 41.0 Å². The SMILES string of the molecule is C/C(CC#N)=N\Nc1ccncc1C(=O)O.CC.CC. The molecule has 6 nitrogen and oxygen atoms in total. The minimum Gasteiger partial charge on any atom is -0.478 e. The van der Waals surface area contributed by atoms with E-state index in [1.807, 2.05) is 33.8 Å². The number of aromatic carboxylic acids is 1. The van der Waals surface area contributed by atoms with Gasteiger partial charge in [0.25, 0.3) is 0 Å². The first-order valence-corrected chi connectivity index (χ1v) is 6.48. The van der Waals surface area contributed by atoms with Crippen LogP contribution in [0.1, 0.15) is 51.4 Å². The fourth-order valence-electron chi connectivity index (χ4n) is 0.972. The van der Waals surface area contributed by atoms with Crippen LogP contribution < -0.4 is 5.43 Å². The van der Waals surface area contributed by atoms with Crippen molar-refractivity contribution in [3.8, 4) is 6.07 Å². The molecule has 0 aliphatic carbocycles. The fourth-order valence-corrected chi connectivity index (χ4v) is 0.972. The number of hydrazone groups is 1. The molecule has 0 radical (unpaired) electrons. The van der Waals surface area contributed by atoms with Gasteiger partial charge in [-0.2, -0.15) is 10.4 Å². The average Bonchev–Trinajstić information content (AvgIpc) is 2.50. The molecule has 0 saturated carbocycles. The molecule has 1 rings (SSSR count). The standard InChI is InChI=1S/C10H10N4O2.2C2H6/c1-7(2-4-11)13-14-9-3-5-12-6-8(9)10(15)16;2*1-2/h3,5-6H,2H2,1H3,(H,12,14)(H,15,16);2*1-2H3/b13-7+;;. The van der Waals surface area contributed by atoms with E-state index in [-0.39, 0.29) is 12.0 Å². The van der Waals surface area contributed by atoms with Crippen molar-refractivity contribution in [3.05, 3.63) is 24.0 Å². The zero-order valence-corrected chi connectivity index (χ0v) is 12.6. The molecule has 1 heterocycles. The van der Waals surface area contributed by atoms with Crippen molar-refractivity contribution in [2.24, 2.45) is 5.10 Å². The molecule has 0 aliphatic heterocycles. The van der Waals surface area contributed by atoms with E-state index in [0.29, 0.717) is 11.4 Å². The Morgan fingerprint density at radius 2 is 2.05 bits per heavy atom. The lowest BCUT2D eigenvalue weighted by Gasteiger charge is -2.04. The maximum Gasteiger partial charge on any atom is 0.339 e. The van der Waals surface area contributed by atoms with Gasteiger partial charge in [-0.1, -0.05) is 27.7 Å². The molecule has 20 heavy (non-hydrogen) atoms. The number of aromatic nitrogens is 1. The summed E-state index contributed by atoms with van der Waals surface area (Å²) in [4.78, 5) is 14.5. The van der Waals surface area contributed by atoms with Gasteiger partial charge in [0.15, 0.2) is 0 Å². The normalized spacial score (nSPS) is 9.10. The molecule has 0 atom stereocenters. The Morgan fingerprint density at radius 3 is 2.55 bits per heavy atom. The number of carbonyl (C=O) groups is 1. The monoisotopic (exact) mass is 278 g/mol. The molecule has 1 aromatic heterocycles. The Hall–Kier alpha value is -2.42. The highest BCUT2D eigenvalue weighted by atomic mass is 16.4. The Morgan fingerprint density at radius 1 is 1.45 bits per heavy atom. The van der Waals surface area contributed by atoms with Gasteiger partial charge in [0.05, 0.1) is 18.2 Å². The van der Waals surface area contributed by atoms with Crippen LogP contribution in [0.5, 0.6) is 0 Å². The number of anilines is 1. The molecule has 0 spiro atoms. The van der Waals surface area contributed by atoms with Gasteiger partial charge in [0.2, 0.25) is 0 Å². The summed E-state index contributed by atoms with van der Waals surface area (Å²) >= 11 is 0. The molecule has 0 fully saturated rings. The van der Waals surface area contributed by atoms with Crippen molar-refractivity contribution >= 4 is 17.4 Å². The molecule has 0 saturated heterocycles.